The maximum Gasteiger partial charge on any atom is 0.305 e. The molecule has 1 amide bonds. The van der Waals surface area contributed by atoms with Gasteiger partial charge in [0.1, 0.15) is 0 Å². The van der Waals surface area contributed by atoms with Gasteiger partial charge in [-0.15, -0.1) is 0 Å². The molecule has 0 saturated carbocycles. The van der Waals surface area contributed by atoms with Crippen LogP contribution in [0.15, 0.2) is 5.38 Å². The van der Waals surface area contributed by atoms with Crippen molar-refractivity contribution in [3.63, 3.8) is 0 Å². The largest absolute Gasteiger partial charge is 0.481 e. The average molecular weight is 228 g/mol. The number of carbonyl (C=O) groups is 2. The third kappa shape index (κ3) is 3.02. The second-order valence-corrected chi connectivity index (χ2v) is 3.81. The van der Waals surface area contributed by atoms with Gasteiger partial charge in [0.05, 0.1) is 17.7 Å². The fourth-order valence-corrected chi connectivity index (χ4v) is 1.75. The quantitative estimate of drug-likeness (QED) is 0.834. The highest BCUT2D eigenvalue weighted by atomic mass is 32.1. The summed E-state index contributed by atoms with van der Waals surface area (Å²) < 4.78 is 3.99. The molecule has 0 atom stereocenters. The Morgan fingerprint density at radius 1 is 1.60 bits per heavy atom. The average Bonchev–Trinajstić information content (AvgIpc) is 2.59. The van der Waals surface area contributed by atoms with Gasteiger partial charge in [-0.3, -0.25) is 9.59 Å². The Bertz CT molecular complexity index is 375. The van der Waals surface area contributed by atoms with E-state index in [2.05, 4.69) is 4.37 Å². The monoisotopic (exact) mass is 228 g/mol. The zero-order valence-corrected chi connectivity index (χ0v) is 9.37. The van der Waals surface area contributed by atoms with E-state index in [1.165, 1.54) is 16.4 Å². The minimum absolute atomic E-state index is 0.0428. The lowest BCUT2D eigenvalue weighted by atomic mass is 10.2. The Kier molecular flexibility index (Phi) is 3.79. The van der Waals surface area contributed by atoms with Crippen molar-refractivity contribution in [3.05, 3.63) is 16.6 Å². The normalized spacial score (nSPS) is 10.0. The van der Waals surface area contributed by atoms with E-state index in [1.54, 1.807) is 19.4 Å². The fourth-order valence-electron chi connectivity index (χ4n) is 1.07. The molecule has 0 bridgehead atoms. The Balaban J connectivity index is 2.61. The van der Waals surface area contributed by atoms with Gasteiger partial charge in [-0.25, -0.2) is 0 Å². The molecule has 0 aromatic carbocycles. The third-order valence-electron chi connectivity index (χ3n) is 1.99. The highest BCUT2D eigenvalue weighted by molar-refractivity contribution is 7.03. The van der Waals surface area contributed by atoms with E-state index in [9.17, 15) is 9.59 Å². The van der Waals surface area contributed by atoms with E-state index < -0.39 is 5.97 Å². The molecule has 82 valence electrons. The van der Waals surface area contributed by atoms with Crippen molar-refractivity contribution in [3.8, 4) is 0 Å². The zero-order chi connectivity index (χ0) is 11.4. The van der Waals surface area contributed by atoms with Crippen LogP contribution in [0, 0.1) is 6.92 Å². The van der Waals surface area contributed by atoms with Crippen LogP contribution in [0.25, 0.3) is 0 Å². The maximum absolute atomic E-state index is 11.7. The zero-order valence-electron chi connectivity index (χ0n) is 8.56. The molecule has 6 heteroatoms. The van der Waals surface area contributed by atoms with Crippen LogP contribution in [0.1, 0.15) is 22.5 Å². The number of rotatable bonds is 4. The van der Waals surface area contributed by atoms with Crippen molar-refractivity contribution in [2.24, 2.45) is 0 Å². The predicted octanol–water partition coefficient (Wildman–Crippen LogP) is 0.998. The summed E-state index contributed by atoms with van der Waals surface area (Å²) in [6.45, 7) is 1.97. The van der Waals surface area contributed by atoms with Gasteiger partial charge in [0.15, 0.2) is 0 Å². The number of carboxylic acid groups (broad SMARTS) is 1. The molecule has 15 heavy (non-hydrogen) atoms. The topological polar surface area (TPSA) is 70.5 Å². The minimum atomic E-state index is -0.908. The third-order valence-corrected chi connectivity index (χ3v) is 2.71. The number of aryl methyl sites for hydroxylation is 1. The van der Waals surface area contributed by atoms with E-state index in [-0.39, 0.29) is 18.9 Å². The summed E-state index contributed by atoms with van der Waals surface area (Å²) in [5, 5.41) is 10.2. The molecule has 0 fully saturated rings. The van der Waals surface area contributed by atoms with Gasteiger partial charge in [0.2, 0.25) is 0 Å². The van der Waals surface area contributed by atoms with Crippen molar-refractivity contribution in [1.82, 2.24) is 9.27 Å². The molecule has 1 N–H and O–H groups in total. The smallest absolute Gasteiger partial charge is 0.305 e. The van der Waals surface area contributed by atoms with Crippen molar-refractivity contribution >= 4 is 23.4 Å². The lowest BCUT2D eigenvalue weighted by Crippen LogP contribution is -2.29. The van der Waals surface area contributed by atoms with Gasteiger partial charge < -0.3 is 10.0 Å². The molecule has 0 spiro atoms. The first-order chi connectivity index (χ1) is 7.02. The molecular formula is C9H12N2O3S. The van der Waals surface area contributed by atoms with Crippen molar-refractivity contribution in [2.75, 3.05) is 13.6 Å². The number of carbonyl (C=O) groups excluding carboxylic acids is 1. The molecule has 1 rings (SSSR count). The van der Waals surface area contributed by atoms with E-state index in [0.717, 1.165) is 0 Å². The van der Waals surface area contributed by atoms with Crippen LogP contribution in [0.3, 0.4) is 0 Å². The summed E-state index contributed by atoms with van der Waals surface area (Å²) in [6.07, 6.45) is -0.0428. The first-order valence-electron chi connectivity index (χ1n) is 4.40. The van der Waals surface area contributed by atoms with E-state index in [4.69, 9.17) is 5.11 Å². The number of nitrogens with zero attached hydrogens (tertiary/aromatic N) is 2. The first kappa shape index (κ1) is 11.6. The number of hydrogen-bond acceptors (Lipinski definition) is 4. The van der Waals surface area contributed by atoms with Crippen LogP contribution in [0.5, 0.6) is 0 Å². The molecule has 1 aromatic rings. The van der Waals surface area contributed by atoms with E-state index >= 15 is 0 Å². The number of hydrogen-bond donors (Lipinski definition) is 1. The van der Waals surface area contributed by atoms with Crippen molar-refractivity contribution < 1.29 is 14.7 Å². The van der Waals surface area contributed by atoms with Crippen LogP contribution in [-0.2, 0) is 4.79 Å². The summed E-state index contributed by atoms with van der Waals surface area (Å²) >= 11 is 1.22. The molecule has 5 nitrogen and oxygen atoms in total. The summed E-state index contributed by atoms with van der Waals surface area (Å²) in [6, 6.07) is 0. The van der Waals surface area contributed by atoms with Crippen LogP contribution in [0.4, 0.5) is 0 Å². The lowest BCUT2D eigenvalue weighted by molar-refractivity contribution is -0.137. The Labute approximate surface area is 91.5 Å². The second kappa shape index (κ2) is 4.88. The summed E-state index contributed by atoms with van der Waals surface area (Å²) in [5.74, 6) is -1.09. The predicted molar refractivity (Wildman–Crippen MR) is 56.1 cm³/mol. The second-order valence-electron chi connectivity index (χ2n) is 3.18. The van der Waals surface area contributed by atoms with Crippen molar-refractivity contribution in [1.29, 1.82) is 0 Å². The first-order valence-corrected chi connectivity index (χ1v) is 5.24. The van der Waals surface area contributed by atoms with Gasteiger partial charge in [0, 0.05) is 19.0 Å². The summed E-state index contributed by atoms with van der Waals surface area (Å²) in [7, 11) is 1.59. The summed E-state index contributed by atoms with van der Waals surface area (Å²) in [5.41, 5.74) is 1.24. The fraction of sp³-hybridized carbons (Fsp3) is 0.444. The van der Waals surface area contributed by atoms with Crippen LogP contribution in [-0.4, -0.2) is 39.8 Å². The standard InChI is InChI=1S/C9H12N2O3S/c1-6-7(5-15-10-6)9(14)11(2)4-3-8(12)13/h5H,3-4H2,1-2H3,(H,12,13). The SMILES string of the molecule is Cc1nscc1C(=O)N(C)CCC(=O)O. The number of aromatic nitrogens is 1. The van der Waals surface area contributed by atoms with Gasteiger partial charge in [0.25, 0.3) is 5.91 Å². The van der Waals surface area contributed by atoms with Gasteiger partial charge >= 0.3 is 5.97 Å². The lowest BCUT2D eigenvalue weighted by Gasteiger charge is -2.15. The number of amides is 1. The molecule has 1 aromatic heterocycles. The van der Waals surface area contributed by atoms with Crippen LogP contribution < -0.4 is 0 Å². The highest BCUT2D eigenvalue weighted by Crippen LogP contribution is 2.11. The van der Waals surface area contributed by atoms with Gasteiger partial charge in [-0.05, 0) is 18.5 Å². The Morgan fingerprint density at radius 3 is 2.73 bits per heavy atom. The van der Waals surface area contributed by atoms with E-state index in [1.807, 2.05) is 0 Å². The molecule has 1 heterocycles. The molecule has 0 aliphatic rings. The number of aliphatic carboxylic acids is 1. The van der Waals surface area contributed by atoms with E-state index in [0.29, 0.717) is 11.3 Å². The molecule has 0 aliphatic heterocycles. The van der Waals surface area contributed by atoms with Gasteiger partial charge in [-0.2, -0.15) is 4.37 Å². The molecule has 0 unspecified atom stereocenters. The highest BCUT2D eigenvalue weighted by Gasteiger charge is 2.16. The Hall–Kier alpha value is -1.43. The Morgan fingerprint density at radius 2 is 2.27 bits per heavy atom. The maximum atomic E-state index is 11.7. The number of carboxylic acids is 1. The summed E-state index contributed by atoms with van der Waals surface area (Å²) in [4.78, 5) is 23.5. The van der Waals surface area contributed by atoms with Crippen LogP contribution >= 0.6 is 11.5 Å². The van der Waals surface area contributed by atoms with Gasteiger partial charge in [-0.1, -0.05) is 0 Å². The molecular weight excluding hydrogens is 216 g/mol. The molecule has 0 radical (unpaired) electrons. The molecule has 0 saturated heterocycles. The molecule has 0 aliphatic carbocycles. The van der Waals surface area contributed by atoms with Crippen molar-refractivity contribution in [2.45, 2.75) is 13.3 Å². The minimum Gasteiger partial charge on any atom is -0.481 e. The van der Waals surface area contributed by atoms with Crippen LogP contribution in [0.2, 0.25) is 0 Å².